The minimum atomic E-state index is -3.58. The van der Waals surface area contributed by atoms with Crippen molar-refractivity contribution in [2.45, 2.75) is 38.1 Å². The van der Waals surface area contributed by atoms with Crippen LogP contribution in [0.4, 0.5) is 11.5 Å². The van der Waals surface area contributed by atoms with Crippen LogP contribution in [0.25, 0.3) is 0 Å². The van der Waals surface area contributed by atoms with Crippen molar-refractivity contribution in [3.05, 3.63) is 48.2 Å². The molecule has 0 saturated carbocycles. The van der Waals surface area contributed by atoms with Crippen LogP contribution in [-0.4, -0.2) is 19.4 Å². The number of rotatable bonds is 6. The van der Waals surface area contributed by atoms with Gasteiger partial charge in [-0.05, 0) is 50.1 Å². The first-order valence-corrected chi connectivity index (χ1v) is 8.73. The van der Waals surface area contributed by atoms with E-state index >= 15 is 0 Å². The van der Waals surface area contributed by atoms with E-state index in [1.807, 2.05) is 32.9 Å². The van der Waals surface area contributed by atoms with Crippen LogP contribution >= 0.6 is 0 Å². The number of pyridine rings is 1. The van der Waals surface area contributed by atoms with Gasteiger partial charge < -0.3 is 5.32 Å². The monoisotopic (exact) mass is 319 g/mol. The lowest BCUT2D eigenvalue weighted by Crippen LogP contribution is -2.14. The second kappa shape index (κ2) is 6.79. The van der Waals surface area contributed by atoms with E-state index in [0.717, 1.165) is 12.0 Å². The molecule has 1 aromatic carbocycles. The highest BCUT2D eigenvalue weighted by Gasteiger charge is 2.14. The lowest BCUT2D eigenvalue weighted by atomic mass is 10.2. The third-order valence-corrected chi connectivity index (χ3v) is 4.49. The van der Waals surface area contributed by atoms with Crippen LogP contribution in [-0.2, 0) is 16.4 Å². The Kier molecular flexibility index (Phi) is 5.03. The number of nitrogens with one attached hydrogen (secondary N) is 2. The first-order chi connectivity index (χ1) is 10.4. The molecule has 22 heavy (non-hydrogen) atoms. The summed E-state index contributed by atoms with van der Waals surface area (Å²) in [6.45, 7) is 6.05. The normalized spacial score (nSPS) is 11.5. The van der Waals surface area contributed by atoms with Crippen LogP contribution in [0.2, 0.25) is 0 Å². The highest BCUT2D eigenvalue weighted by atomic mass is 32.2. The Hall–Kier alpha value is -2.08. The molecule has 0 amide bonds. The summed E-state index contributed by atoms with van der Waals surface area (Å²) < 4.78 is 27.2. The van der Waals surface area contributed by atoms with Crippen molar-refractivity contribution in [1.29, 1.82) is 0 Å². The summed E-state index contributed by atoms with van der Waals surface area (Å²) in [6.07, 6.45) is 2.38. The third-order valence-electron chi connectivity index (χ3n) is 3.09. The fourth-order valence-corrected chi connectivity index (χ4v) is 3.00. The molecule has 1 aromatic heterocycles. The van der Waals surface area contributed by atoms with Crippen LogP contribution in [0.15, 0.2) is 47.5 Å². The van der Waals surface area contributed by atoms with Crippen molar-refractivity contribution in [3.8, 4) is 0 Å². The Morgan fingerprint density at radius 1 is 1.09 bits per heavy atom. The van der Waals surface area contributed by atoms with Gasteiger partial charge >= 0.3 is 0 Å². The Balaban J connectivity index is 2.13. The average Bonchev–Trinajstić information content (AvgIpc) is 2.48. The lowest BCUT2D eigenvalue weighted by Gasteiger charge is -2.11. The van der Waals surface area contributed by atoms with E-state index in [0.29, 0.717) is 11.5 Å². The summed E-state index contributed by atoms with van der Waals surface area (Å²) in [7, 11) is -3.58. The molecule has 5 nitrogen and oxygen atoms in total. The first kappa shape index (κ1) is 16.3. The number of aryl methyl sites for hydroxylation is 1. The summed E-state index contributed by atoms with van der Waals surface area (Å²) >= 11 is 0. The highest BCUT2D eigenvalue weighted by molar-refractivity contribution is 7.92. The molecular formula is C16H21N3O2S. The smallest absolute Gasteiger partial charge is 0.261 e. The largest absolute Gasteiger partial charge is 0.368 e. The summed E-state index contributed by atoms with van der Waals surface area (Å²) in [5.41, 5.74) is 1.54. The van der Waals surface area contributed by atoms with Gasteiger partial charge in [-0.3, -0.25) is 4.72 Å². The van der Waals surface area contributed by atoms with E-state index < -0.39 is 10.0 Å². The minimum Gasteiger partial charge on any atom is -0.368 e. The Morgan fingerprint density at radius 2 is 1.77 bits per heavy atom. The van der Waals surface area contributed by atoms with Crippen molar-refractivity contribution in [2.75, 3.05) is 10.0 Å². The number of hydrogen-bond acceptors (Lipinski definition) is 4. The topological polar surface area (TPSA) is 71.1 Å². The standard InChI is InChI=1S/C16H21N3O2S/c1-4-13-5-8-15(9-6-13)22(20,21)19-14-7-10-16(17-11-14)18-12(2)3/h5-12,19H,4H2,1-3H3,(H,17,18). The molecule has 2 rings (SSSR count). The lowest BCUT2D eigenvalue weighted by molar-refractivity contribution is 0.601. The second-order valence-corrected chi connectivity index (χ2v) is 7.02. The zero-order chi connectivity index (χ0) is 16.2. The molecule has 0 saturated heterocycles. The third kappa shape index (κ3) is 4.21. The zero-order valence-corrected chi connectivity index (χ0v) is 13.8. The molecule has 0 fully saturated rings. The van der Waals surface area contributed by atoms with Crippen LogP contribution in [0.3, 0.4) is 0 Å². The minimum absolute atomic E-state index is 0.245. The summed E-state index contributed by atoms with van der Waals surface area (Å²) in [6, 6.07) is 10.6. The summed E-state index contributed by atoms with van der Waals surface area (Å²) in [5, 5.41) is 3.15. The van der Waals surface area contributed by atoms with E-state index in [1.165, 1.54) is 6.20 Å². The van der Waals surface area contributed by atoms with Gasteiger partial charge in [0, 0.05) is 6.04 Å². The van der Waals surface area contributed by atoms with Crippen molar-refractivity contribution in [1.82, 2.24) is 4.98 Å². The Morgan fingerprint density at radius 3 is 2.27 bits per heavy atom. The maximum Gasteiger partial charge on any atom is 0.261 e. The second-order valence-electron chi connectivity index (χ2n) is 5.33. The zero-order valence-electron chi connectivity index (χ0n) is 13.0. The van der Waals surface area contributed by atoms with Gasteiger partial charge in [0.15, 0.2) is 0 Å². The van der Waals surface area contributed by atoms with Crippen LogP contribution in [0.1, 0.15) is 26.3 Å². The molecule has 0 spiro atoms. The predicted molar refractivity (Wildman–Crippen MR) is 89.6 cm³/mol. The van der Waals surface area contributed by atoms with Crippen molar-refractivity contribution in [2.24, 2.45) is 0 Å². The maximum atomic E-state index is 12.3. The number of nitrogens with zero attached hydrogens (tertiary/aromatic N) is 1. The first-order valence-electron chi connectivity index (χ1n) is 7.25. The Labute approximate surface area is 131 Å². The van der Waals surface area contributed by atoms with Crippen LogP contribution in [0.5, 0.6) is 0 Å². The molecule has 2 aromatic rings. The van der Waals surface area contributed by atoms with Gasteiger partial charge in [-0.2, -0.15) is 0 Å². The van der Waals surface area contributed by atoms with Gasteiger partial charge in [-0.15, -0.1) is 0 Å². The molecule has 0 aliphatic rings. The van der Waals surface area contributed by atoms with Gasteiger partial charge in [-0.1, -0.05) is 19.1 Å². The molecule has 0 atom stereocenters. The summed E-state index contributed by atoms with van der Waals surface area (Å²) in [4.78, 5) is 4.43. The van der Waals surface area contributed by atoms with Crippen molar-refractivity contribution < 1.29 is 8.42 Å². The number of benzene rings is 1. The van der Waals surface area contributed by atoms with Gasteiger partial charge in [0.05, 0.1) is 16.8 Å². The molecule has 0 aliphatic heterocycles. The van der Waals surface area contributed by atoms with Gasteiger partial charge in [0.2, 0.25) is 0 Å². The number of aromatic nitrogens is 1. The Bertz CT molecular complexity index is 708. The predicted octanol–water partition coefficient (Wildman–Crippen LogP) is 3.27. The SMILES string of the molecule is CCc1ccc(S(=O)(=O)Nc2ccc(NC(C)C)nc2)cc1. The molecule has 118 valence electrons. The van der Waals surface area contributed by atoms with E-state index in [-0.39, 0.29) is 10.9 Å². The quantitative estimate of drug-likeness (QED) is 0.857. The van der Waals surface area contributed by atoms with Crippen molar-refractivity contribution >= 4 is 21.5 Å². The molecule has 0 aliphatic carbocycles. The molecular weight excluding hydrogens is 298 g/mol. The highest BCUT2D eigenvalue weighted by Crippen LogP contribution is 2.17. The molecule has 0 unspecified atom stereocenters. The number of hydrogen-bond donors (Lipinski definition) is 2. The van der Waals surface area contributed by atoms with Gasteiger partial charge in [-0.25, -0.2) is 13.4 Å². The molecule has 6 heteroatoms. The van der Waals surface area contributed by atoms with Crippen molar-refractivity contribution in [3.63, 3.8) is 0 Å². The van der Waals surface area contributed by atoms with Gasteiger partial charge in [0.1, 0.15) is 5.82 Å². The molecule has 1 heterocycles. The van der Waals surface area contributed by atoms with Crippen LogP contribution < -0.4 is 10.0 Å². The van der Waals surface area contributed by atoms with Gasteiger partial charge in [0.25, 0.3) is 10.0 Å². The fraction of sp³-hybridized carbons (Fsp3) is 0.312. The molecule has 2 N–H and O–H groups in total. The number of sulfonamides is 1. The number of anilines is 2. The molecule has 0 radical (unpaired) electrons. The van der Waals surface area contributed by atoms with E-state index in [1.54, 1.807) is 24.3 Å². The van der Waals surface area contributed by atoms with E-state index in [2.05, 4.69) is 15.0 Å². The van der Waals surface area contributed by atoms with E-state index in [4.69, 9.17) is 0 Å². The fourth-order valence-electron chi connectivity index (χ4n) is 1.95. The van der Waals surface area contributed by atoms with Crippen LogP contribution in [0, 0.1) is 0 Å². The molecule has 0 bridgehead atoms. The maximum absolute atomic E-state index is 12.3. The average molecular weight is 319 g/mol. The summed E-state index contributed by atoms with van der Waals surface area (Å²) in [5.74, 6) is 0.713. The van der Waals surface area contributed by atoms with E-state index in [9.17, 15) is 8.42 Å².